The lowest BCUT2D eigenvalue weighted by Crippen LogP contribution is -1.71. The highest BCUT2D eigenvalue weighted by Gasteiger charge is 2.00. The van der Waals surface area contributed by atoms with Crippen LogP contribution in [0.3, 0.4) is 0 Å². The molecule has 5 aromatic carbocycles. The Labute approximate surface area is 321 Å². The monoisotopic (exact) mass is 788 g/mol. The van der Waals surface area contributed by atoms with Crippen LogP contribution in [0.4, 0.5) is 0 Å². The Hall–Kier alpha value is -5.78. The molecule has 0 aliphatic rings. The van der Waals surface area contributed by atoms with Crippen molar-refractivity contribution >= 4 is 82.7 Å². The molecule has 53 heavy (non-hydrogen) atoms. The number of halogens is 2. The number of aryl methyl sites for hydroxylation is 5. The molecule has 0 fully saturated rings. The molecule has 12 heteroatoms. The second kappa shape index (κ2) is 17.6. The Morgan fingerprint density at radius 3 is 1.23 bits per heavy atom. The fourth-order valence-electron chi connectivity index (χ4n) is 5.44. The molecule has 0 spiro atoms. The molecule has 0 amide bonds. The Bertz CT molecular complexity index is 2350. The summed E-state index contributed by atoms with van der Waals surface area (Å²) in [5.41, 5.74) is 11.7. The van der Waals surface area contributed by atoms with Gasteiger partial charge in [-0.15, -0.1) is 0 Å². The van der Waals surface area contributed by atoms with E-state index in [9.17, 15) is 0 Å². The van der Waals surface area contributed by atoms with Crippen molar-refractivity contribution in [2.24, 2.45) is 0 Å². The van der Waals surface area contributed by atoms with Crippen LogP contribution in [0.2, 0.25) is 5.28 Å². The van der Waals surface area contributed by atoms with Gasteiger partial charge in [0.1, 0.15) is 23.3 Å². The molecular weight excluding hydrogens is 748 g/mol. The van der Waals surface area contributed by atoms with E-state index in [1.165, 1.54) is 5.56 Å². The molecule has 10 rings (SSSR count). The number of rotatable bonds is 0. The van der Waals surface area contributed by atoms with Crippen LogP contribution in [0.15, 0.2) is 114 Å². The predicted molar refractivity (Wildman–Crippen MR) is 224 cm³/mol. The smallest absolute Gasteiger partial charge is 0.201 e. The van der Waals surface area contributed by atoms with Crippen molar-refractivity contribution in [2.45, 2.75) is 42.0 Å². The largest absolute Gasteiger partial charge is 0.342 e. The lowest BCUT2D eigenvalue weighted by molar-refractivity contribution is 1.17. The van der Waals surface area contributed by atoms with Gasteiger partial charge in [0.05, 0.1) is 55.2 Å². The number of benzene rings is 5. The summed E-state index contributed by atoms with van der Waals surface area (Å²) in [6.45, 7) is 9.86. The highest BCUT2D eigenvalue weighted by Crippen LogP contribution is 2.18. The van der Waals surface area contributed by atoms with Crippen LogP contribution < -0.4 is 0 Å². The van der Waals surface area contributed by atoms with Gasteiger partial charge in [-0.3, -0.25) is 0 Å². The fraction of sp³-hybridized carbons (Fsp3) is 0.146. The van der Waals surface area contributed by atoms with Gasteiger partial charge >= 0.3 is 0 Å². The summed E-state index contributed by atoms with van der Waals surface area (Å²) >= 11 is 9.06. The molecule has 5 aromatic heterocycles. The molecule has 270 valence electrons. The van der Waals surface area contributed by atoms with E-state index in [-0.39, 0.29) is 7.43 Å². The van der Waals surface area contributed by atoms with Crippen LogP contribution in [-0.2, 0) is 0 Å². The molecule has 0 aliphatic heterocycles. The van der Waals surface area contributed by atoms with Crippen molar-refractivity contribution in [2.75, 3.05) is 0 Å². The molecule has 5 N–H and O–H groups in total. The molecule has 0 unspecified atom stereocenters. The molecule has 5 heterocycles. The minimum atomic E-state index is 0. The van der Waals surface area contributed by atoms with Crippen molar-refractivity contribution in [1.29, 1.82) is 0 Å². The molecular formula is C41H42BrClN10. The second-order valence-corrected chi connectivity index (χ2v) is 13.3. The number of nitrogens with one attached hydrogen (secondary N) is 5. The van der Waals surface area contributed by atoms with E-state index in [0.29, 0.717) is 5.28 Å². The summed E-state index contributed by atoms with van der Waals surface area (Å²) in [6.07, 6.45) is 0. The maximum atomic E-state index is 5.67. The Morgan fingerprint density at radius 1 is 0.415 bits per heavy atom. The standard InChI is InChI=1S/C8H7BrN2.C8H7ClN2.3C8H8N2.CH4/c1-5-10-7-3-2-6(9)4-8(7)11-5;1-5-2-3-6-7(4-5)11-8(9)10-6;3*1-6-9-7-4-2-3-5-8(7)10-6;/h2*2-4H,1H3,(H,10,11);3*2-5H,1H3,(H,9,10);1H4. The van der Waals surface area contributed by atoms with Crippen LogP contribution in [0.1, 0.15) is 36.3 Å². The zero-order valence-corrected chi connectivity index (χ0v) is 31.7. The minimum absolute atomic E-state index is 0. The molecule has 0 radical (unpaired) electrons. The summed E-state index contributed by atoms with van der Waals surface area (Å²) in [5.74, 6) is 3.88. The average molecular weight is 790 g/mol. The Morgan fingerprint density at radius 2 is 0.774 bits per heavy atom. The van der Waals surface area contributed by atoms with E-state index in [1.807, 2.05) is 144 Å². The van der Waals surface area contributed by atoms with Crippen LogP contribution >= 0.6 is 27.5 Å². The van der Waals surface area contributed by atoms with Crippen molar-refractivity contribution in [3.05, 3.63) is 148 Å². The van der Waals surface area contributed by atoms with Crippen LogP contribution in [-0.4, -0.2) is 49.8 Å². The second-order valence-electron chi connectivity index (χ2n) is 12.0. The number of aromatic amines is 5. The normalized spacial score (nSPS) is 10.4. The van der Waals surface area contributed by atoms with E-state index >= 15 is 0 Å². The number of hydrogen-bond donors (Lipinski definition) is 5. The first kappa shape index (κ1) is 38.5. The van der Waals surface area contributed by atoms with E-state index in [1.54, 1.807) is 0 Å². The van der Waals surface area contributed by atoms with Crippen molar-refractivity contribution in [3.8, 4) is 0 Å². The number of fused-ring (bicyclic) bond motifs is 5. The maximum Gasteiger partial charge on any atom is 0.201 e. The first-order valence-electron chi connectivity index (χ1n) is 16.6. The number of aromatic nitrogens is 10. The third kappa shape index (κ3) is 10.4. The van der Waals surface area contributed by atoms with Crippen molar-refractivity contribution in [3.63, 3.8) is 0 Å². The molecule has 0 atom stereocenters. The SMILES string of the molecule is C.Cc1ccc2nc(Cl)[nH]c2c1.Cc1nc2ccc(Br)cc2[nH]1.Cc1nc2ccccc2[nH]1.Cc1nc2ccccc2[nH]1.Cc1nc2ccccc2[nH]1. The van der Waals surface area contributed by atoms with Crippen molar-refractivity contribution < 1.29 is 0 Å². The first-order valence-corrected chi connectivity index (χ1v) is 17.7. The Kier molecular flexibility index (Phi) is 12.8. The van der Waals surface area contributed by atoms with Gasteiger partial charge in [-0.05, 0) is 119 Å². The third-order valence-corrected chi connectivity index (χ3v) is 8.37. The lowest BCUT2D eigenvalue weighted by atomic mass is 10.2. The topological polar surface area (TPSA) is 143 Å². The molecule has 0 bridgehead atoms. The highest BCUT2D eigenvalue weighted by molar-refractivity contribution is 9.10. The highest BCUT2D eigenvalue weighted by atomic mass is 79.9. The van der Waals surface area contributed by atoms with Gasteiger partial charge < -0.3 is 24.9 Å². The minimum Gasteiger partial charge on any atom is -0.342 e. The van der Waals surface area contributed by atoms with E-state index < -0.39 is 0 Å². The quantitative estimate of drug-likeness (QED) is 0.104. The van der Waals surface area contributed by atoms with Crippen molar-refractivity contribution in [1.82, 2.24) is 49.8 Å². The van der Waals surface area contributed by atoms with E-state index in [2.05, 4.69) is 65.8 Å². The molecule has 0 saturated heterocycles. The Balaban J connectivity index is 0.000000127. The number of H-pyrrole nitrogens is 5. The van der Waals surface area contributed by atoms with E-state index in [0.717, 1.165) is 82.9 Å². The third-order valence-electron chi connectivity index (χ3n) is 7.69. The summed E-state index contributed by atoms with van der Waals surface area (Å²) in [5, 5.41) is 0.450. The number of hydrogen-bond acceptors (Lipinski definition) is 5. The van der Waals surface area contributed by atoms with Gasteiger partial charge in [0, 0.05) is 4.47 Å². The lowest BCUT2D eigenvalue weighted by Gasteiger charge is -1.89. The van der Waals surface area contributed by atoms with Gasteiger partial charge in [-0.1, -0.05) is 65.8 Å². The maximum absolute atomic E-state index is 5.67. The number of para-hydroxylation sites is 6. The molecule has 10 aromatic rings. The van der Waals surface area contributed by atoms with Gasteiger partial charge in [0.25, 0.3) is 0 Å². The van der Waals surface area contributed by atoms with Crippen LogP contribution in [0, 0.1) is 34.6 Å². The van der Waals surface area contributed by atoms with Gasteiger partial charge in [-0.2, -0.15) is 0 Å². The summed E-state index contributed by atoms with van der Waals surface area (Å²) in [4.78, 5) is 36.7. The zero-order valence-electron chi connectivity index (χ0n) is 29.4. The van der Waals surface area contributed by atoms with Gasteiger partial charge in [0.15, 0.2) is 0 Å². The van der Waals surface area contributed by atoms with Crippen LogP contribution in [0.5, 0.6) is 0 Å². The molecule has 10 nitrogen and oxygen atoms in total. The summed E-state index contributed by atoms with van der Waals surface area (Å²) in [6, 6.07) is 36.0. The average Bonchev–Trinajstić information content (AvgIpc) is 3.93. The first-order chi connectivity index (χ1) is 25.1. The summed E-state index contributed by atoms with van der Waals surface area (Å²) in [7, 11) is 0. The molecule has 0 aliphatic carbocycles. The fourth-order valence-corrected chi connectivity index (χ4v) is 6.00. The number of nitrogens with zero attached hydrogens (tertiary/aromatic N) is 5. The zero-order chi connectivity index (χ0) is 36.6. The van der Waals surface area contributed by atoms with E-state index in [4.69, 9.17) is 11.6 Å². The number of imidazole rings is 5. The van der Waals surface area contributed by atoms with Crippen LogP contribution in [0.25, 0.3) is 55.2 Å². The van der Waals surface area contributed by atoms with Gasteiger partial charge in [0.2, 0.25) is 5.28 Å². The summed E-state index contributed by atoms with van der Waals surface area (Å²) < 4.78 is 1.08. The van der Waals surface area contributed by atoms with Gasteiger partial charge in [-0.25, -0.2) is 24.9 Å². The molecule has 0 saturated carbocycles. The predicted octanol–water partition coefficient (Wildman–Crippen LogP) is 11.4.